The van der Waals surface area contributed by atoms with Crippen LogP contribution in [0.25, 0.3) is 11.0 Å². The first kappa shape index (κ1) is 25.0. The Labute approximate surface area is 196 Å². The fourth-order valence-electron chi connectivity index (χ4n) is 4.11. The molecular formula is C22H35N5O3S2. The zero-order valence-electron chi connectivity index (χ0n) is 19.7. The van der Waals surface area contributed by atoms with Gasteiger partial charge in [0.2, 0.25) is 15.9 Å². The highest BCUT2D eigenvalue weighted by molar-refractivity contribution is 8.00. The summed E-state index contributed by atoms with van der Waals surface area (Å²) in [5.41, 5.74) is 1.52. The summed E-state index contributed by atoms with van der Waals surface area (Å²) < 4.78 is 29.3. The highest BCUT2D eigenvalue weighted by atomic mass is 32.2. The van der Waals surface area contributed by atoms with E-state index in [1.165, 1.54) is 16.1 Å². The van der Waals surface area contributed by atoms with Crippen LogP contribution >= 0.6 is 11.8 Å². The minimum absolute atomic E-state index is 0.130. The van der Waals surface area contributed by atoms with Gasteiger partial charge in [0.05, 0.1) is 21.2 Å². The number of carbonyl (C=O) groups is 1. The van der Waals surface area contributed by atoms with Gasteiger partial charge in [-0.2, -0.15) is 4.31 Å². The Morgan fingerprint density at radius 2 is 1.75 bits per heavy atom. The van der Waals surface area contributed by atoms with E-state index in [1.54, 1.807) is 12.1 Å². The van der Waals surface area contributed by atoms with E-state index in [-0.39, 0.29) is 16.1 Å². The van der Waals surface area contributed by atoms with Crippen LogP contribution in [0, 0.1) is 0 Å². The summed E-state index contributed by atoms with van der Waals surface area (Å²) in [4.78, 5) is 22.3. The van der Waals surface area contributed by atoms with Gasteiger partial charge in [0, 0.05) is 45.8 Å². The highest BCUT2D eigenvalue weighted by Crippen LogP contribution is 2.30. The maximum atomic E-state index is 13.0. The standard InChI is InChI=1S/C22H35N5O3S2/c1-6-24-12-14-25(15-13-24)21(28)17(5)31-22-23-19-16-18(10-11-20(19)27(22)9-4)32(29,30)26(7-2)8-3/h10-11,16-17H,6-9,12-15H2,1-5H3. The SMILES string of the molecule is CCN1CCN(C(=O)C(C)Sc2nc3cc(S(=O)(=O)N(CC)CC)ccc3n2CC)CC1. The van der Waals surface area contributed by atoms with E-state index in [0.717, 1.165) is 43.4 Å². The highest BCUT2D eigenvalue weighted by Gasteiger charge is 2.27. The number of hydrogen-bond acceptors (Lipinski definition) is 6. The zero-order chi connectivity index (χ0) is 23.5. The molecule has 0 saturated carbocycles. The van der Waals surface area contributed by atoms with Gasteiger partial charge in [-0.3, -0.25) is 4.79 Å². The van der Waals surface area contributed by atoms with Crippen LogP contribution in [0.4, 0.5) is 0 Å². The number of imidazole rings is 1. The van der Waals surface area contributed by atoms with E-state index in [2.05, 4.69) is 11.8 Å². The molecule has 1 atom stereocenters. The maximum Gasteiger partial charge on any atom is 0.243 e. The predicted molar refractivity (Wildman–Crippen MR) is 130 cm³/mol. The van der Waals surface area contributed by atoms with E-state index < -0.39 is 10.0 Å². The smallest absolute Gasteiger partial charge is 0.243 e. The number of hydrogen-bond donors (Lipinski definition) is 0. The number of benzene rings is 1. The molecule has 10 heteroatoms. The van der Waals surface area contributed by atoms with Crippen LogP contribution in [0.2, 0.25) is 0 Å². The molecule has 1 saturated heterocycles. The summed E-state index contributed by atoms with van der Waals surface area (Å²) in [5, 5.41) is 0.483. The van der Waals surface area contributed by atoms with Gasteiger partial charge in [-0.25, -0.2) is 13.4 Å². The summed E-state index contributed by atoms with van der Waals surface area (Å²) in [6, 6.07) is 5.12. The third kappa shape index (κ3) is 4.98. The fraction of sp³-hybridized carbons (Fsp3) is 0.636. The first-order valence-electron chi connectivity index (χ1n) is 11.4. The van der Waals surface area contributed by atoms with Gasteiger partial charge >= 0.3 is 0 Å². The summed E-state index contributed by atoms with van der Waals surface area (Å²) in [5.74, 6) is 0.130. The molecule has 0 radical (unpaired) electrons. The molecule has 1 aromatic carbocycles. The number of sulfonamides is 1. The van der Waals surface area contributed by atoms with Gasteiger partial charge in [-0.15, -0.1) is 0 Å². The molecule has 3 rings (SSSR count). The molecule has 8 nitrogen and oxygen atoms in total. The molecule has 178 valence electrons. The summed E-state index contributed by atoms with van der Waals surface area (Å²) in [6.07, 6.45) is 0. The Bertz CT molecular complexity index is 1040. The van der Waals surface area contributed by atoms with Crippen LogP contribution in [0.15, 0.2) is 28.3 Å². The second-order valence-electron chi connectivity index (χ2n) is 7.90. The number of piperazine rings is 1. The number of aryl methyl sites for hydroxylation is 1. The van der Waals surface area contributed by atoms with Crippen LogP contribution < -0.4 is 0 Å². The van der Waals surface area contributed by atoms with Crippen molar-refractivity contribution in [3.05, 3.63) is 18.2 Å². The lowest BCUT2D eigenvalue weighted by molar-refractivity contribution is -0.132. The number of aromatic nitrogens is 2. The molecule has 32 heavy (non-hydrogen) atoms. The number of fused-ring (bicyclic) bond motifs is 1. The van der Waals surface area contributed by atoms with E-state index >= 15 is 0 Å². The number of rotatable bonds is 9. The molecule has 0 bridgehead atoms. The predicted octanol–water partition coefficient (Wildman–Crippen LogP) is 2.73. The summed E-state index contributed by atoms with van der Waals surface area (Å²) in [7, 11) is -3.55. The molecule has 2 aromatic rings. The van der Waals surface area contributed by atoms with Crippen LogP contribution in [-0.2, 0) is 21.4 Å². The molecule has 1 fully saturated rings. The normalized spacial score (nSPS) is 16.8. The van der Waals surface area contributed by atoms with Crippen molar-refractivity contribution in [2.24, 2.45) is 0 Å². The van der Waals surface area contributed by atoms with Gasteiger partial charge in [0.25, 0.3) is 0 Å². The molecule has 1 amide bonds. The summed E-state index contributed by atoms with van der Waals surface area (Å²) in [6.45, 7) is 15.7. The topological polar surface area (TPSA) is 78.8 Å². The molecule has 0 spiro atoms. The molecule has 1 aromatic heterocycles. The third-order valence-corrected chi connectivity index (χ3v) is 9.23. The van der Waals surface area contributed by atoms with Gasteiger partial charge in [0.1, 0.15) is 0 Å². The van der Waals surface area contributed by atoms with Crippen molar-refractivity contribution < 1.29 is 13.2 Å². The van der Waals surface area contributed by atoms with Crippen molar-refractivity contribution in [1.29, 1.82) is 0 Å². The van der Waals surface area contributed by atoms with Gasteiger partial charge in [-0.05, 0) is 38.6 Å². The number of likely N-dealkylation sites (N-methyl/N-ethyl adjacent to an activating group) is 1. The third-order valence-electron chi connectivity index (χ3n) is 6.11. The van der Waals surface area contributed by atoms with Crippen LogP contribution in [0.5, 0.6) is 0 Å². The van der Waals surface area contributed by atoms with Crippen molar-refractivity contribution in [1.82, 2.24) is 23.7 Å². The maximum absolute atomic E-state index is 13.0. The average Bonchev–Trinajstić information content (AvgIpc) is 3.15. The Morgan fingerprint density at radius 1 is 1.09 bits per heavy atom. The van der Waals surface area contributed by atoms with Crippen molar-refractivity contribution in [3.8, 4) is 0 Å². The lowest BCUT2D eigenvalue weighted by Crippen LogP contribution is -2.50. The molecular weight excluding hydrogens is 446 g/mol. The van der Waals surface area contributed by atoms with Crippen LogP contribution in [-0.4, -0.2) is 89.0 Å². The Balaban J connectivity index is 1.83. The molecule has 0 N–H and O–H groups in total. The van der Waals surface area contributed by atoms with Crippen molar-refractivity contribution in [2.75, 3.05) is 45.8 Å². The van der Waals surface area contributed by atoms with E-state index in [1.807, 2.05) is 43.2 Å². The number of carbonyl (C=O) groups excluding carboxylic acids is 1. The second-order valence-corrected chi connectivity index (χ2v) is 11.1. The number of amides is 1. The van der Waals surface area contributed by atoms with Crippen molar-refractivity contribution in [3.63, 3.8) is 0 Å². The van der Waals surface area contributed by atoms with Crippen LogP contribution in [0.1, 0.15) is 34.6 Å². The van der Waals surface area contributed by atoms with Crippen LogP contribution in [0.3, 0.4) is 0 Å². The first-order valence-corrected chi connectivity index (χ1v) is 13.8. The fourth-order valence-corrected chi connectivity index (χ4v) is 6.66. The quantitative estimate of drug-likeness (QED) is 0.513. The molecule has 2 heterocycles. The molecule has 1 aliphatic rings. The zero-order valence-corrected chi connectivity index (χ0v) is 21.4. The molecule has 1 unspecified atom stereocenters. The van der Waals surface area contributed by atoms with Crippen molar-refractivity contribution >= 4 is 38.7 Å². The molecule has 0 aliphatic carbocycles. The molecule has 1 aliphatic heterocycles. The Hall–Kier alpha value is -1.62. The lowest BCUT2D eigenvalue weighted by atomic mass is 10.3. The number of nitrogens with zero attached hydrogens (tertiary/aromatic N) is 5. The minimum atomic E-state index is -3.55. The minimum Gasteiger partial charge on any atom is -0.339 e. The average molecular weight is 482 g/mol. The monoisotopic (exact) mass is 481 g/mol. The van der Waals surface area contributed by atoms with E-state index in [9.17, 15) is 13.2 Å². The van der Waals surface area contributed by atoms with Crippen molar-refractivity contribution in [2.45, 2.75) is 56.5 Å². The summed E-state index contributed by atoms with van der Waals surface area (Å²) >= 11 is 1.44. The first-order chi connectivity index (χ1) is 15.3. The van der Waals surface area contributed by atoms with Gasteiger partial charge in [0.15, 0.2) is 5.16 Å². The Morgan fingerprint density at radius 3 is 2.31 bits per heavy atom. The lowest BCUT2D eigenvalue weighted by Gasteiger charge is -2.35. The van der Waals surface area contributed by atoms with Gasteiger partial charge < -0.3 is 14.4 Å². The Kier molecular flexibility index (Phi) is 8.24. The van der Waals surface area contributed by atoms with Gasteiger partial charge in [-0.1, -0.05) is 32.5 Å². The largest absolute Gasteiger partial charge is 0.339 e. The van der Waals surface area contributed by atoms with E-state index in [4.69, 9.17) is 4.98 Å². The number of thioether (sulfide) groups is 1. The van der Waals surface area contributed by atoms with E-state index in [0.29, 0.717) is 25.2 Å². The second kappa shape index (κ2) is 10.5.